The summed E-state index contributed by atoms with van der Waals surface area (Å²) in [7, 11) is 0. The molecule has 0 saturated heterocycles. The van der Waals surface area contributed by atoms with E-state index in [0.717, 1.165) is 5.69 Å². The molecule has 0 spiro atoms. The Bertz CT molecular complexity index is 598. The highest BCUT2D eigenvalue weighted by molar-refractivity contribution is 7.71. The molecule has 1 N–H and O–H groups in total. The van der Waals surface area contributed by atoms with Gasteiger partial charge in [-0.1, -0.05) is 32.0 Å². The van der Waals surface area contributed by atoms with Crippen LogP contribution in [-0.4, -0.2) is 9.55 Å². The molecular formula is C14H17FN2S. The molecule has 1 heterocycles. The van der Waals surface area contributed by atoms with Gasteiger partial charge in [0.05, 0.1) is 6.04 Å². The molecule has 1 unspecified atom stereocenters. The van der Waals surface area contributed by atoms with Gasteiger partial charge in [-0.15, -0.1) is 0 Å². The zero-order chi connectivity index (χ0) is 13.3. The van der Waals surface area contributed by atoms with Crippen molar-refractivity contribution in [2.24, 2.45) is 0 Å². The Hall–Kier alpha value is -1.42. The van der Waals surface area contributed by atoms with Crippen LogP contribution < -0.4 is 0 Å². The average molecular weight is 264 g/mol. The van der Waals surface area contributed by atoms with Crippen LogP contribution in [0.15, 0.2) is 30.5 Å². The van der Waals surface area contributed by atoms with Crippen molar-refractivity contribution in [2.75, 3.05) is 0 Å². The molecule has 0 aliphatic carbocycles. The fourth-order valence-electron chi connectivity index (χ4n) is 2.19. The Morgan fingerprint density at radius 3 is 2.50 bits per heavy atom. The van der Waals surface area contributed by atoms with E-state index < -0.39 is 0 Å². The van der Waals surface area contributed by atoms with Crippen LogP contribution in [0, 0.1) is 10.6 Å². The molecule has 0 saturated carbocycles. The Morgan fingerprint density at radius 1 is 1.22 bits per heavy atom. The summed E-state index contributed by atoms with van der Waals surface area (Å²) < 4.78 is 16.5. The SMILES string of the molecule is CC(C)c1c[nH]c(=S)n1C(C)c1ccccc1F. The van der Waals surface area contributed by atoms with Gasteiger partial charge in [-0.25, -0.2) is 4.39 Å². The van der Waals surface area contributed by atoms with Crippen LogP contribution in [0.2, 0.25) is 0 Å². The number of benzene rings is 1. The standard InChI is InChI=1S/C14H17FN2S/c1-9(2)13-8-16-14(18)17(13)10(3)11-6-4-5-7-12(11)15/h4-10H,1-3H3,(H,16,18). The molecule has 96 valence electrons. The lowest BCUT2D eigenvalue weighted by molar-refractivity contribution is 0.534. The maximum atomic E-state index is 13.8. The summed E-state index contributed by atoms with van der Waals surface area (Å²) in [6.45, 7) is 6.17. The zero-order valence-corrected chi connectivity index (χ0v) is 11.6. The molecule has 18 heavy (non-hydrogen) atoms. The number of halogens is 1. The van der Waals surface area contributed by atoms with Crippen LogP contribution in [0.25, 0.3) is 0 Å². The van der Waals surface area contributed by atoms with E-state index in [1.165, 1.54) is 6.07 Å². The smallest absolute Gasteiger partial charge is 0.177 e. The number of aromatic nitrogens is 2. The van der Waals surface area contributed by atoms with Crippen LogP contribution in [0.5, 0.6) is 0 Å². The Labute approximate surface area is 111 Å². The number of rotatable bonds is 3. The number of nitrogens with zero attached hydrogens (tertiary/aromatic N) is 1. The third-order valence-electron chi connectivity index (χ3n) is 3.17. The monoisotopic (exact) mass is 264 g/mol. The number of hydrogen-bond donors (Lipinski definition) is 1. The summed E-state index contributed by atoms with van der Waals surface area (Å²) in [6, 6.07) is 6.73. The average Bonchev–Trinajstić information content (AvgIpc) is 2.71. The van der Waals surface area contributed by atoms with Crippen molar-refractivity contribution in [1.82, 2.24) is 9.55 Å². The van der Waals surface area contributed by atoms with E-state index in [-0.39, 0.29) is 11.9 Å². The quantitative estimate of drug-likeness (QED) is 0.814. The number of H-pyrrole nitrogens is 1. The predicted molar refractivity (Wildman–Crippen MR) is 73.9 cm³/mol. The summed E-state index contributed by atoms with van der Waals surface area (Å²) in [4.78, 5) is 3.04. The van der Waals surface area contributed by atoms with E-state index in [4.69, 9.17) is 12.2 Å². The number of nitrogens with one attached hydrogen (secondary N) is 1. The lowest BCUT2D eigenvalue weighted by atomic mass is 10.1. The van der Waals surface area contributed by atoms with Crippen LogP contribution in [0.4, 0.5) is 4.39 Å². The topological polar surface area (TPSA) is 20.7 Å². The molecule has 0 aliphatic rings. The van der Waals surface area contributed by atoms with Gasteiger partial charge in [-0.3, -0.25) is 0 Å². The van der Waals surface area contributed by atoms with Gasteiger partial charge in [0.1, 0.15) is 5.82 Å². The maximum absolute atomic E-state index is 13.8. The van der Waals surface area contributed by atoms with Crippen molar-refractivity contribution >= 4 is 12.2 Å². The van der Waals surface area contributed by atoms with Crippen molar-refractivity contribution in [2.45, 2.75) is 32.7 Å². The van der Waals surface area contributed by atoms with Crippen molar-refractivity contribution in [1.29, 1.82) is 0 Å². The van der Waals surface area contributed by atoms with E-state index in [0.29, 0.717) is 16.3 Å². The highest BCUT2D eigenvalue weighted by atomic mass is 32.1. The van der Waals surface area contributed by atoms with Crippen LogP contribution in [0.3, 0.4) is 0 Å². The first-order valence-corrected chi connectivity index (χ1v) is 6.47. The summed E-state index contributed by atoms with van der Waals surface area (Å²) in [6.07, 6.45) is 1.91. The summed E-state index contributed by atoms with van der Waals surface area (Å²) in [5, 5.41) is 0. The van der Waals surface area contributed by atoms with E-state index in [1.54, 1.807) is 12.1 Å². The van der Waals surface area contributed by atoms with E-state index >= 15 is 0 Å². The van der Waals surface area contributed by atoms with Gasteiger partial charge in [0.2, 0.25) is 0 Å². The van der Waals surface area contributed by atoms with E-state index in [2.05, 4.69) is 18.8 Å². The molecule has 2 rings (SSSR count). The van der Waals surface area contributed by atoms with Gasteiger partial charge in [0.15, 0.2) is 4.77 Å². The van der Waals surface area contributed by atoms with Gasteiger partial charge in [0, 0.05) is 17.5 Å². The number of imidazole rings is 1. The van der Waals surface area contributed by atoms with Crippen molar-refractivity contribution < 1.29 is 4.39 Å². The van der Waals surface area contributed by atoms with E-state index in [1.807, 2.05) is 23.8 Å². The molecule has 0 fully saturated rings. The van der Waals surface area contributed by atoms with Crippen molar-refractivity contribution in [3.05, 3.63) is 52.3 Å². The lowest BCUT2D eigenvalue weighted by Gasteiger charge is -2.19. The Balaban J connectivity index is 2.53. The van der Waals surface area contributed by atoms with Gasteiger partial charge < -0.3 is 9.55 Å². The molecule has 0 amide bonds. The van der Waals surface area contributed by atoms with Gasteiger partial charge in [-0.05, 0) is 31.1 Å². The molecule has 2 aromatic rings. The first-order chi connectivity index (χ1) is 8.52. The van der Waals surface area contributed by atoms with Gasteiger partial charge in [-0.2, -0.15) is 0 Å². The number of hydrogen-bond acceptors (Lipinski definition) is 1. The molecule has 1 aromatic heterocycles. The Kier molecular flexibility index (Phi) is 3.66. The molecule has 1 atom stereocenters. The molecule has 0 bridgehead atoms. The second-order valence-corrected chi connectivity index (χ2v) is 5.13. The van der Waals surface area contributed by atoms with E-state index in [9.17, 15) is 4.39 Å². The second-order valence-electron chi connectivity index (χ2n) is 4.74. The fraction of sp³-hybridized carbons (Fsp3) is 0.357. The third kappa shape index (κ3) is 2.25. The molecular weight excluding hydrogens is 247 g/mol. The summed E-state index contributed by atoms with van der Waals surface area (Å²) in [5.74, 6) is 0.148. The summed E-state index contributed by atoms with van der Waals surface area (Å²) >= 11 is 5.30. The van der Waals surface area contributed by atoms with Crippen molar-refractivity contribution in [3.8, 4) is 0 Å². The van der Waals surface area contributed by atoms with Crippen LogP contribution in [0.1, 0.15) is 44.0 Å². The Morgan fingerprint density at radius 2 is 1.89 bits per heavy atom. The minimum Gasteiger partial charge on any atom is -0.337 e. The molecule has 0 radical (unpaired) electrons. The van der Waals surface area contributed by atoms with Gasteiger partial charge in [0.25, 0.3) is 0 Å². The van der Waals surface area contributed by atoms with Crippen molar-refractivity contribution in [3.63, 3.8) is 0 Å². The predicted octanol–water partition coefficient (Wildman–Crippen LogP) is 4.42. The molecule has 0 aliphatic heterocycles. The highest BCUT2D eigenvalue weighted by Gasteiger charge is 2.17. The summed E-state index contributed by atoms with van der Waals surface area (Å²) in [5.41, 5.74) is 1.76. The molecule has 2 nitrogen and oxygen atoms in total. The van der Waals surface area contributed by atoms with Crippen LogP contribution in [-0.2, 0) is 0 Å². The fourth-order valence-corrected chi connectivity index (χ4v) is 2.51. The minimum absolute atomic E-state index is 0.109. The first kappa shape index (κ1) is 13.0. The largest absolute Gasteiger partial charge is 0.337 e. The van der Waals surface area contributed by atoms with Crippen LogP contribution >= 0.6 is 12.2 Å². The minimum atomic E-state index is -0.192. The second kappa shape index (κ2) is 5.06. The normalized spacial score (nSPS) is 12.9. The molecule has 1 aromatic carbocycles. The highest BCUT2D eigenvalue weighted by Crippen LogP contribution is 2.26. The maximum Gasteiger partial charge on any atom is 0.177 e. The zero-order valence-electron chi connectivity index (χ0n) is 10.8. The van der Waals surface area contributed by atoms with Gasteiger partial charge >= 0.3 is 0 Å². The number of aromatic amines is 1. The lowest BCUT2D eigenvalue weighted by Crippen LogP contribution is -2.12. The third-order valence-corrected chi connectivity index (χ3v) is 3.49. The first-order valence-electron chi connectivity index (χ1n) is 6.06. The molecule has 4 heteroatoms.